The molecule has 7 nitrogen and oxygen atoms in total. The molecule has 2 aromatic rings. The molecule has 1 heterocycles. The number of nitrogens with zero attached hydrogens (tertiary/aromatic N) is 2. The van der Waals surface area contributed by atoms with E-state index in [4.69, 9.17) is 4.74 Å². The summed E-state index contributed by atoms with van der Waals surface area (Å²) in [5, 5.41) is 9.92. The highest BCUT2D eigenvalue weighted by Crippen LogP contribution is 2.30. The molecule has 0 spiro atoms. The Hall–Kier alpha value is -3.04. The molecule has 10 heteroatoms. The van der Waals surface area contributed by atoms with Crippen LogP contribution in [0.5, 0.6) is 0 Å². The first kappa shape index (κ1) is 26.2. The summed E-state index contributed by atoms with van der Waals surface area (Å²) in [6, 6.07) is 4.60. The zero-order valence-electron chi connectivity index (χ0n) is 19.5. The van der Waals surface area contributed by atoms with Crippen LogP contribution in [-0.2, 0) is 22.1 Å². The van der Waals surface area contributed by atoms with Crippen molar-refractivity contribution in [2.75, 3.05) is 13.2 Å². The first-order valence-electron chi connectivity index (χ1n) is 10.8. The molecule has 0 radical (unpaired) electrons. The molecular formula is C23H31F3N4O3. The number of alkyl halides is 3. The summed E-state index contributed by atoms with van der Waals surface area (Å²) >= 11 is 0. The fourth-order valence-electron chi connectivity index (χ4n) is 3.56. The van der Waals surface area contributed by atoms with Gasteiger partial charge in [-0.05, 0) is 51.3 Å². The van der Waals surface area contributed by atoms with Gasteiger partial charge in [-0.1, -0.05) is 19.9 Å². The number of aromatic nitrogens is 2. The summed E-state index contributed by atoms with van der Waals surface area (Å²) in [5.41, 5.74) is 1.29. The fourth-order valence-corrected chi connectivity index (χ4v) is 3.56. The summed E-state index contributed by atoms with van der Waals surface area (Å²) in [6.07, 6.45) is -4.32. The first-order valence-corrected chi connectivity index (χ1v) is 10.8. The van der Waals surface area contributed by atoms with Crippen LogP contribution < -0.4 is 10.6 Å². The number of hydrogen-bond acceptors (Lipinski definition) is 4. The van der Waals surface area contributed by atoms with E-state index < -0.39 is 17.8 Å². The van der Waals surface area contributed by atoms with Crippen LogP contribution in [0.4, 0.5) is 18.0 Å². The number of nitrogens with one attached hydrogen (secondary N) is 2. The molecular weight excluding hydrogens is 437 g/mol. The Bertz CT molecular complexity index is 970. The number of aryl methyl sites for hydroxylation is 1. The van der Waals surface area contributed by atoms with E-state index in [9.17, 15) is 22.8 Å². The number of amides is 2. The second kappa shape index (κ2) is 11.2. The lowest BCUT2D eigenvalue weighted by atomic mass is 10.0. The van der Waals surface area contributed by atoms with E-state index in [1.807, 2.05) is 13.8 Å². The van der Waals surface area contributed by atoms with Gasteiger partial charge in [0.05, 0.1) is 30.0 Å². The van der Waals surface area contributed by atoms with Gasteiger partial charge in [-0.15, -0.1) is 0 Å². The van der Waals surface area contributed by atoms with Gasteiger partial charge >= 0.3 is 12.3 Å². The van der Waals surface area contributed by atoms with E-state index in [0.29, 0.717) is 29.3 Å². The van der Waals surface area contributed by atoms with Crippen molar-refractivity contribution in [3.05, 3.63) is 46.8 Å². The lowest BCUT2D eigenvalue weighted by Crippen LogP contribution is -2.45. The molecule has 1 aromatic carbocycles. The predicted octanol–water partition coefficient (Wildman–Crippen LogP) is 4.33. The maximum absolute atomic E-state index is 13.1. The predicted molar refractivity (Wildman–Crippen MR) is 118 cm³/mol. The molecule has 1 unspecified atom stereocenters. The third-order valence-electron chi connectivity index (χ3n) is 5.10. The number of halogens is 3. The van der Waals surface area contributed by atoms with Crippen LogP contribution in [0.15, 0.2) is 24.3 Å². The molecule has 0 aliphatic carbocycles. The molecule has 0 aliphatic heterocycles. The van der Waals surface area contributed by atoms with Gasteiger partial charge in [0.15, 0.2) is 0 Å². The Balaban J connectivity index is 2.11. The van der Waals surface area contributed by atoms with Crippen molar-refractivity contribution < 1.29 is 27.5 Å². The minimum absolute atomic E-state index is 0.0183. The molecule has 2 amide bonds. The number of benzene rings is 1. The number of rotatable bonds is 9. The molecule has 0 fully saturated rings. The topological polar surface area (TPSA) is 85.2 Å². The monoisotopic (exact) mass is 468 g/mol. The van der Waals surface area contributed by atoms with Crippen LogP contribution in [0.3, 0.4) is 0 Å². The molecule has 0 bridgehead atoms. The third kappa shape index (κ3) is 7.50. The van der Waals surface area contributed by atoms with Crippen LogP contribution in [0.25, 0.3) is 5.69 Å². The van der Waals surface area contributed by atoms with Crippen LogP contribution in [0.2, 0.25) is 0 Å². The maximum atomic E-state index is 13.1. The molecule has 0 saturated carbocycles. The van der Waals surface area contributed by atoms with Crippen molar-refractivity contribution in [3.8, 4) is 5.69 Å². The summed E-state index contributed by atoms with van der Waals surface area (Å²) in [4.78, 5) is 24.4. The fraction of sp³-hybridized carbons (Fsp3) is 0.522. The highest BCUT2D eigenvalue weighted by atomic mass is 19.4. The minimum atomic E-state index is -4.46. The normalized spacial score (nSPS) is 12.5. The number of carbonyl (C=O) groups excluding carboxylic acids is 2. The van der Waals surface area contributed by atoms with Gasteiger partial charge in [-0.3, -0.25) is 4.79 Å². The molecule has 0 saturated heterocycles. The van der Waals surface area contributed by atoms with Crippen LogP contribution in [0, 0.1) is 19.8 Å². The number of hydrogen-bond donors (Lipinski definition) is 2. The summed E-state index contributed by atoms with van der Waals surface area (Å²) in [7, 11) is 0. The first-order chi connectivity index (χ1) is 15.4. The van der Waals surface area contributed by atoms with Gasteiger partial charge < -0.3 is 15.4 Å². The molecule has 182 valence electrons. The van der Waals surface area contributed by atoms with Gasteiger partial charge in [0, 0.05) is 23.8 Å². The Kier molecular flexibility index (Phi) is 8.90. The third-order valence-corrected chi connectivity index (χ3v) is 5.10. The molecule has 33 heavy (non-hydrogen) atoms. The van der Waals surface area contributed by atoms with Gasteiger partial charge in [0.1, 0.15) is 0 Å². The van der Waals surface area contributed by atoms with Crippen molar-refractivity contribution in [3.63, 3.8) is 0 Å². The number of carbonyl (C=O) groups is 2. The summed E-state index contributed by atoms with van der Waals surface area (Å²) in [6.45, 7) is 9.64. The molecule has 0 aliphatic rings. The average Bonchev–Trinajstić information content (AvgIpc) is 2.99. The Labute approximate surface area is 191 Å². The second-order valence-electron chi connectivity index (χ2n) is 8.28. The van der Waals surface area contributed by atoms with Gasteiger partial charge in [0.2, 0.25) is 5.91 Å². The van der Waals surface area contributed by atoms with Crippen molar-refractivity contribution in [2.24, 2.45) is 5.92 Å². The van der Waals surface area contributed by atoms with Crippen LogP contribution in [0.1, 0.15) is 49.7 Å². The lowest BCUT2D eigenvalue weighted by molar-refractivity contribution is -0.137. The van der Waals surface area contributed by atoms with E-state index in [1.165, 1.54) is 16.8 Å². The zero-order valence-corrected chi connectivity index (χ0v) is 19.5. The molecule has 2 rings (SSSR count). The minimum Gasteiger partial charge on any atom is -0.450 e. The zero-order chi connectivity index (χ0) is 24.8. The van der Waals surface area contributed by atoms with E-state index in [-0.39, 0.29) is 37.2 Å². The van der Waals surface area contributed by atoms with E-state index in [2.05, 4.69) is 15.7 Å². The van der Waals surface area contributed by atoms with E-state index in [0.717, 1.165) is 12.1 Å². The van der Waals surface area contributed by atoms with E-state index in [1.54, 1.807) is 20.8 Å². The summed E-state index contributed by atoms with van der Waals surface area (Å²) in [5.74, 6) is 0.0215. The lowest BCUT2D eigenvalue weighted by Gasteiger charge is -2.20. The molecule has 2 N–H and O–H groups in total. The van der Waals surface area contributed by atoms with Crippen molar-refractivity contribution in [2.45, 2.75) is 59.7 Å². The molecule has 1 atom stereocenters. The van der Waals surface area contributed by atoms with Crippen LogP contribution >= 0.6 is 0 Å². The number of alkyl carbamates (subject to hydrolysis) is 1. The summed E-state index contributed by atoms with van der Waals surface area (Å²) < 4.78 is 45.6. The maximum Gasteiger partial charge on any atom is 0.416 e. The highest BCUT2D eigenvalue weighted by molar-refractivity contribution is 5.79. The standard InChI is InChI=1S/C23H31F3N4O3/c1-6-33-22(32)28-18(10-14(2)3)13-27-21(31)12-20-15(4)29-30(16(20)5)19-9-7-8-17(11-19)23(24,25)26/h7-9,11,14,18H,6,10,12-13H2,1-5H3,(H,27,31)(H,28,32). The highest BCUT2D eigenvalue weighted by Gasteiger charge is 2.31. The second-order valence-corrected chi connectivity index (χ2v) is 8.28. The largest absolute Gasteiger partial charge is 0.450 e. The SMILES string of the molecule is CCOC(=O)NC(CNC(=O)Cc1c(C)nn(-c2cccc(C(F)(F)F)c2)c1C)CC(C)C. The quantitative estimate of drug-likeness (QED) is 0.574. The Morgan fingerprint density at radius 3 is 2.52 bits per heavy atom. The number of ether oxygens (including phenoxy) is 1. The van der Waals surface area contributed by atoms with Gasteiger partial charge in [-0.25, -0.2) is 9.48 Å². The Morgan fingerprint density at radius 1 is 1.21 bits per heavy atom. The molecule has 1 aromatic heterocycles. The Morgan fingerprint density at radius 2 is 1.91 bits per heavy atom. The van der Waals surface area contributed by atoms with Gasteiger partial charge in [0.25, 0.3) is 0 Å². The van der Waals surface area contributed by atoms with Crippen molar-refractivity contribution in [1.82, 2.24) is 20.4 Å². The van der Waals surface area contributed by atoms with Crippen molar-refractivity contribution in [1.29, 1.82) is 0 Å². The van der Waals surface area contributed by atoms with Crippen molar-refractivity contribution >= 4 is 12.0 Å². The van der Waals surface area contributed by atoms with Crippen LogP contribution in [-0.4, -0.2) is 41.0 Å². The smallest absolute Gasteiger partial charge is 0.416 e. The van der Waals surface area contributed by atoms with E-state index >= 15 is 0 Å². The average molecular weight is 469 g/mol. The van der Waals surface area contributed by atoms with Gasteiger partial charge in [-0.2, -0.15) is 18.3 Å².